The minimum absolute atomic E-state index is 0. The van der Waals surface area contributed by atoms with Crippen LogP contribution in [-0.2, 0) is 52.5 Å². The molecule has 0 saturated heterocycles. The molecule has 6 heteroatoms. The van der Waals surface area contributed by atoms with Crippen LogP contribution in [0, 0.1) is 24.1 Å². The molecular weight excluding hydrogens is 671 g/mol. The second kappa shape index (κ2) is 11.7. The first-order valence-corrected chi connectivity index (χ1v) is 13.6. The van der Waals surface area contributed by atoms with Crippen molar-refractivity contribution in [1.82, 2.24) is 19.1 Å². The molecule has 2 aromatic heterocycles. The number of rotatable bonds is 0. The van der Waals surface area contributed by atoms with Crippen LogP contribution in [0.5, 0.6) is 0 Å². The third-order valence-corrected chi connectivity index (χ3v) is 7.81. The van der Waals surface area contributed by atoms with E-state index in [1.54, 1.807) is 0 Å². The van der Waals surface area contributed by atoms with E-state index < -0.39 is 0 Å². The Kier molecular flexibility index (Phi) is 7.72. The molecule has 3 aliphatic heterocycles. The summed E-state index contributed by atoms with van der Waals surface area (Å²) in [5.41, 5.74) is 8.92. The van der Waals surface area contributed by atoms with Gasteiger partial charge in [0.15, 0.2) is 0 Å². The van der Waals surface area contributed by atoms with Gasteiger partial charge in [-0.3, -0.25) is 9.97 Å². The molecule has 0 bridgehead atoms. The molecule has 5 aromatic rings. The molecule has 0 amide bonds. The summed E-state index contributed by atoms with van der Waals surface area (Å²) in [7, 11) is 0. The number of nitrogens with zero attached hydrogens (tertiary/aromatic N) is 5. The van der Waals surface area contributed by atoms with Gasteiger partial charge in [-0.2, -0.15) is 0 Å². The molecular formula is C34H28IrN5. The second-order valence-electron chi connectivity index (χ2n) is 10.1. The van der Waals surface area contributed by atoms with Crippen molar-refractivity contribution < 1.29 is 20.1 Å². The van der Waals surface area contributed by atoms with Gasteiger partial charge in [0.25, 0.3) is 0 Å². The van der Waals surface area contributed by atoms with E-state index >= 15 is 0 Å². The van der Waals surface area contributed by atoms with Gasteiger partial charge in [0.05, 0.1) is 11.6 Å². The molecule has 0 N–H and O–H groups in total. The molecule has 4 aliphatic rings. The fraction of sp³-hybridized carbons (Fsp3) is 0.206. The molecule has 9 rings (SSSR count). The zero-order valence-corrected chi connectivity index (χ0v) is 24.4. The molecule has 0 saturated carbocycles. The Bertz CT molecular complexity index is 1610. The van der Waals surface area contributed by atoms with E-state index in [0.717, 1.165) is 37.6 Å². The summed E-state index contributed by atoms with van der Waals surface area (Å²) in [4.78, 5) is 13.1. The van der Waals surface area contributed by atoms with Crippen molar-refractivity contribution in [2.45, 2.75) is 38.8 Å². The quantitative estimate of drug-likeness (QED) is 0.182. The Labute approximate surface area is 248 Å². The van der Waals surface area contributed by atoms with Crippen molar-refractivity contribution in [3.05, 3.63) is 132 Å². The van der Waals surface area contributed by atoms with Gasteiger partial charge in [0.1, 0.15) is 0 Å². The first kappa shape index (κ1) is 26.4. The molecule has 40 heavy (non-hydrogen) atoms. The van der Waals surface area contributed by atoms with E-state index in [1.165, 1.54) is 51.9 Å². The molecule has 198 valence electrons. The summed E-state index contributed by atoms with van der Waals surface area (Å²) in [6, 6.07) is 28.3. The summed E-state index contributed by atoms with van der Waals surface area (Å²) < 4.78 is 4.36. The third-order valence-electron chi connectivity index (χ3n) is 7.81. The van der Waals surface area contributed by atoms with E-state index in [4.69, 9.17) is 0 Å². The average Bonchev–Trinajstić information content (AvgIpc) is 3.78. The second-order valence-corrected chi connectivity index (χ2v) is 10.1. The summed E-state index contributed by atoms with van der Waals surface area (Å²) in [6.45, 7) is 2.08. The Balaban J connectivity index is 0.000000107. The maximum absolute atomic E-state index is 4.40. The Hall–Kier alpha value is -3.86. The topological polar surface area (TPSA) is 48.0 Å². The van der Waals surface area contributed by atoms with Crippen molar-refractivity contribution in [2.24, 2.45) is 10.9 Å². The third kappa shape index (κ3) is 5.05. The van der Waals surface area contributed by atoms with Crippen LogP contribution in [0.4, 0.5) is 0 Å². The average molecular weight is 699 g/mol. The summed E-state index contributed by atoms with van der Waals surface area (Å²) >= 11 is 0. The Morgan fingerprint density at radius 3 is 1.77 bits per heavy atom. The zero-order chi connectivity index (χ0) is 26.0. The summed E-state index contributed by atoms with van der Waals surface area (Å²) in [5, 5.41) is 0. The van der Waals surface area contributed by atoms with Crippen LogP contribution < -0.4 is 0 Å². The van der Waals surface area contributed by atoms with Crippen molar-refractivity contribution in [2.75, 3.05) is 0 Å². The minimum atomic E-state index is 0. The van der Waals surface area contributed by atoms with E-state index in [2.05, 4.69) is 72.6 Å². The first-order valence-electron chi connectivity index (χ1n) is 13.6. The normalized spacial score (nSPS) is 16.5. The van der Waals surface area contributed by atoms with Gasteiger partial charge in [0.2, 0.25) is 0 Å². The number of allylic oxidation sites excluding steroid dienone is 1. The minimum Gasteiger partial charge on any atom is -0.371 e. The van der Waals surface area contributed by atoms with Crippen molar-refractivity contribution >= 4 is 5.71 Å². The predicted molar refractivity (Wildman–Crippen MR) is 153 cm³/mol. The van der Waals surface area contributed by atoms with Crippen LogP contribution in [0.2, 0.25) is 0 Å². The molecule has 0 spiro atoms. The maximum atomic E-state index is 4.40. The van der Waals surface area contributed by atoms with Crippen molar-refractivity contribution in [3.63, 3.8) is 0 Å². The van der Waals surface area contributed by atoms with Crippen LogP contribution in [0.1, 0.15) is 28.7 Å². The summed E-state index contributed by atoms with van der Waals surface area (Å²) in [6.07, 6.45) is 16.4. The first-order chi connectivity index (χ1) is 19.3. The number of hydrogen-bond acceptors (Lipinski definition) is 3. The molecule has 5 heterocycles. The molecule has 3 aromatic carbocycles. The van der Waals surface area contributed by atoms with E-state index in [-0.39, 0.29) is 20.1 Å². The van der Waals surface area contributed by atoms with E-state index in [9.17, 15) is 0 Å². The zero-order valence-electron chi connectivity index (χ0n) is 22.0. The van der Waals surface area contributed by atoms with Gasteiger partial charge < -0.3 is 14.1 Å². The number of benzene rings is 3. The van der Waals surface area contributed by atoms with Crippen LogP contribution >= 0.6 is 0 Å². The number of aliphatic imine (C=N–C) groups is 1. The monoisotopic (exact) mass is 699 g/mol. The van der Waals surface area contributed by atoms with Gasteiger partial charge in [-0.15, -0.1) is 106 Å². The van der Waals surface area contributed by atoms with Crippen LogP contribution in [0.3, 0.4) is 0 Å². The maximum Gasteiger partial charge on any atom is 3.00 e. The predicted octanol–water partition coefficient (Wildman–Crippen LogP) is 6.18. The largest absolute Gasteiger partial charge is 3.00 e. The molecule has 1 unspecified atom stereocenters. The van der Waals surface area contributed by atoms with Gasteiger partial charge in [-0.1, -0.05) is 18.9 Å². The smallest absolute Gasteiger partial charge is 0.371 e. The van der Waals surface area contributed by atoms with Gasteiger partial charge >= 0.3 is 20.1 Å². The number of aryl methyl sites for hydroxylation is 5. The standard InChI is InChI=1S/C12H10N.2C11H9N2.Ir/c1-2-4-11-9(3-1)5-6-10-7-8-13-12(10)11;2*1-2-4-10-9(3-1)5-7-13-8-6-12-11(10)13;/h1-3,7-8,10H,5-6H2;2*1-3,6,8H,5,7H2;/q3*-1;+3. The van der Waals surface area contributed by atoms with Crippen LogP contribution in [0.25, 0.3) is 22.8 Å². The molecule has 1 atom stereocenters. The molecule has 1 aliphatic carbocycles. The SMILES string of the molecule is [Ir+3].[c-]1cccc2c1-c1nccn1CC2.[c-]1cccc2c1-c1nccn1CC2.[c-]1cccc2c1C1=NC=CC1CC2. The number of fused-ring (bicyclic) bond motifs is 9. The van der Waals surface area contributed by atoms with Gasteiger partial charge in [0, 0.05) is 44.1 Å². The number of imidazole rings is 2. The van der Waals surface area contributed by atoms with Crippen molar-refractivity contribution in [1.29, 1.82) is 0 Å². The van der Waals surface area contributed by atoms with Crippen LogP contribution in [0.15, 0.2) is 96.7 Å². The van der Waals surface area contributed by atoms with Gasteiger partial charge in [-0.05, 0) is 24.5 Å². The molecule has 5 nitrogen and oxygen atoms in total. The Morgan fingerprint density at radius 1 is 0.675 bits per heavy atom. The number of hydrogen-bond donors (Lipinski definition) is 0. The molecule has 0 radical (unpaired) electrons. The Morgan fingerprint density at radius 2 is 1.20 bits per heavy atom. The fourth-order valence-electron chi connectivity index (χ4n) is 5.82. The van der Waals surface area contributed by atoms with E-state index in [0.29, 0.717) is 5.92 Å². The summed E-state index contributed by atoms with van der Waals surface area (Å²) in [5.74, 6) is 2.68. The van der Waals surface area contributed by atoms with E-state index in [1.807, 2.05) is 61.3 Å². The van der Waals surface area contributed by atoms with Crippen LogP contribution in [-0.4, -0.2) is 24.8 Å². The fourth-order valence-corrected chi connectivity index (χ4v) is 5.82. The van der Waals surface area contributed by atoms with Gasteiger partial charge in [-0.25, -0.2) is 0 Å². The number of aromatic nitrogens is 4. The molecule has 0 fully saturated rings. The van der Waals surface area contributed by atoms with Crippen molar-refractivity contribution in [3.8, 4) is 22.8 Å².